The van der Waals surface area contributed by atoms with Crippen molar-refractivity contribution in [1.29, 1.82) is 0 Å². The van der Waals surface area contributed by atoms with Crippen molar-refractivity contribution in [3.05, 3.63) is 22.5 Å². The molecular weight excluding hydrogens is 232 g/mol. The summed E-state index contributed by atoms with van der Waals surface area (Å²) >= 11 is 0. The Balaban J connectivity index is 2.07. The third-order valence-corrected chi connectivity index (χ3v) is 3.52. The fraction of sp³-hybridized carbons (Fsp3) is 0.667. The zero-order valence-corrected chi connectivity index (χ0v) is 10.6. The van der Waals surface area contributed by atoms with Crippen LogP contribution in [0.5, 0.6) is 0 Å². The van der Waals surface area contributed by atoms with Crippen LogP contribution in [0.3, 0.4) is 0 Å². The molecule has 0 atom stereocenters. The molecule has 0 saturated heterocycles. The molecular formula is C12H18N4O2. The molecule has 0 bridgehead atoms. The molecule has 1 saturated carbocycles. The maximum Gasteiger partial charge on any atom is 0.305 e. The minimum atomic E-state index is -0.477. The van der Waals surface area contributed by atoms with E-state index in [2.05, 4.69) is 14.9 Å². The van der Waals surface area contributed by atoms with Crippen LogP contribution in [0, 0.1) is 10.1 Å². The SMILES string of the molecule is CN(c1ncc([N+](=O)[O-])cn1)C1CCCCCC1. The van der Waals surface area contributed by atoms with Crippen molar-refractivity contribution in [2.24, 2.45) is 0 Å². The van der Waals surface area contributed by atoms with E-state index in [0.717, 1.165) is 12.8 Å². The molecule has 1 aromatic heterocycles. The topological polar surface area (TPSA) is 72.2 Å². The Morgan fingerprint density at radius 3 is 2.28 bits per heavy atom. The number of aromatic nitrogens is 2. The standard InChI is InChI=1S/C12H18N4O2/c1-15(10-6-4-2-3-5-7-10)12-13-8-11(9-14-12)16(17)18/h8-10H,2-7H2,1H3. The van der Waals surface area contributed by atoms with E-state index in [1.165, 1.54) is 38.1 Å². The lowest BCUT2D eigenvalue weighted by atomic mass is 10.1. The van der Waals surface area contributed by atoms with Crippen molar-refractivity contribution in [3.8, 4) is 0 Å². The first-order chi connectivity index (χ1) is 8.68. The Morgan fingerprint density at radius 2 is 1.78 bits per heavy atom. The summed E-state index contributed by atoms with van der Waals surface area (Å²) in [7, 11) is 1.97. The molecule has 1 aromatic rings. The summed E-state index contributed by atoms with van der Waals surface area (Å²) in [5, 5.41) is 10.5. The molecule has 6 heteroatoms. The molecule has 0 amide bonds. The molecule has 6 nitrogen and oxygen atoms in total. The Labute approximate surface area is 106 Å². The van der Waals surface area contributed by atoms with Crippen LogP contribution in [-0.2, 0) is 0 Å². The maximum absolute atomic E-state index is 10.5. The van der Waals surface area contributed by atoms with Crippen molar-refractivity contribution in [2.45, 2.75) is 44.6 Å². The summed E-state index contributed by atoms with van der Waals surface area (Å²) in [5.41, 5.74) is -0.0620. The number of nitro groups is 1. The molecule has 0 N–H and O–H groups in total. The zero-order chi connectivity index (χ0) is 13.0. The molecule has 98 valence electrons. The van der Waals surface area contributed by atoms with Crippen molar-refractivity contribution < 1.29 is 4.92 Å². The zero-order valence-electron chi connectivity index (χ0n) is 10.6. The monoisotopic (exact) mass is 250 g/mol. The highest BCUT2D eigenvalue weighted by atomic mass is 16.6. The van der Waals surface area contributed by atoms with E-state index in [9.17, 15) is 10.1 Å². The smallest absolute Gasteiger partial charge is 0.305 e. The van der Waals surface area contributed by atoms with E-state index in [0.29, 0.717) is 12.0 Å². The van der Waals surface area contributed by atoms with Crippen molar-refractivity contribution >= 4 is 11.6 Å². The van der Waals surface area contributed by atoms with Crippen molar-refractivity contribution in [3.63, 3.8) is 0 Å². The van der Waals surface area contributed by atoms with Crippen LogP contribution in [-0.4, -0.2) is 28.0 Å². The number of hydrogen-bond acceptors (Lipinski definition) is 5. The Kier molecular flexibility index (Phi) is 4.07. The molecule has 2 rings (SSSR count). The van der Waals surface area contributed by atoms with E-state index in [1.54, 1.807) is 0 Å². The summed E-state index contributed by atoms with van der Waals surface area (Å²) in [4.78, 5) is 20.3. The Hall–Kier alpha value is -1.72. The lowest BCUT2D eigenvalue weighted by Crippen LogP contribution is -2.32. The Bertz CT molecular complexity index is 399. The van der Waals surface area contributed by atoms with Gasteiger partial charge in [0.25, 0.3) is 0 Å². The number of anilines is 1. The van der Waals surface area contributed by atoms with Gasteiger partial charge < -0.3 is 4.90 Å². The van der Waals surface area contributed by atoms with Crippen molar-refractivity contribution in [2.75, 3.05) is 11.9 Å². The molecule has 0 unspecified atom stereocenters. The fourth-order valence-electron chi connectivity index (χ4n) is 2.40. The van der Waals surface area contributed by atoms with Gasteiger partial charge in [-0.15, -0.1) is 0 Å². The third-order valence-electron chi connectivity index (χ3n) is 3.52. The molecule has 0 spiro atoms. The van der Waals surface area contributed by atoms with Crippen LogP contribution in [0.25, 0.3) is 0 Å². The molecule has 1 aliphatic rings. The maximum atomic E-state index is 10.5. The summed E-state index contributed by atoms with van der Waals surface area (Å²) in [6, 6.07) is 0.453. The van der Waals surface area contributed by atoms with Gasteiger partial charge in [0.1, 0.15) is 12.4 Å². The van der Waals surface area contributed by atoms with Crippen LogP contribution < -0.4 is 4.90 Å². The van der Waals surface area contributed by atoms with Gasteiger partial charge in [0, 0.05) is 13.1 Å². The average molecular weight is 250 g/mol. The average Bonchev–Trinajstić information content (AvgIpc) is 2.67. The molecule has 1 heterocycles. The van der Waals surface area contributed by atoms with Gasteiger partial charge in [0.15, 0.2) is 0 Å². The minimum Gasteiger partial charge on any atom is -0.341 e. The number of rotatable bonds is 3. The van der Waals surface area contributed by atoms with Crippen LogP contribution in [0.1, 0.15) is 38.5 Å². The first-order valence-corrected chi connectivity index (χ1v) is 6.38. The largest absolute Gasteiger partial charge is 0.341 e. The van der Waals surface area contributed by atoms with E-state index in [4.69, 9.17) is 0 Å². The summed E-state index contributed by atoms with van der Waals surface area (Å²) < 4.78 is 0. The lowest BCUT2D eigenvalue weighted by molar-refractivity contribution is -0.385. The van der Waals surface area contributed by atoms with Gasteiger partial charge in [0.05, 0.1) is 4.92 Å². The van der Waals surface area contributed by atoms with E-state index in [1.807, 2.05) is 7.05 Å². The van der Waals surface area contributed by atoms with Crippen LogP contribution >= 0.6 is 0 Å². The van der Waals surface area contributed by atoms with E-state index < -0.39 is 4.92 Å². The van der Waals surface area contributed by atoms with Gasteiger partial charge in [-0.25, -0.2) is 9.97 Å². The molecule has 1 fully saturated rings. The molecule has 0 aromatic carbocycles. The van der Waals surface area contributed by atoms with Gasteiger partial charge in [-0.05, 0) is 12.8 Å². The molecule has 18 heavy (non-hydrogen) atoms. The highest BCUT2D eigenvalue weighted by Gasteiger charge is 2.19. The number of hydrogen-bond donors (Lipinski definition) is 0. The fourth-order valence-corrected chi connectivity index (χ4v) is 2.40. The van der Waals surface area contributed by atoms with Gasteiger partial charge in [0.2, 0.25) is 5.95 Å². The van der Waals surface area contributed by atoms with E-state index >= 15 is 0 Å². The first kappa shape index (κ1) is 12.7. The van der Waals surface area contributed by atoms with E-state index in [-0.39, 0.29) is 5.69 Å². The highest BCUT2D eigenvalue weighted by Crippen LogP contribution is 2.23. The van der Waals surface area contributed by atoms with Gasteiger partial charge in [-0.3, -0.25) is 10.1 Å². The Morgan fingerprint density at radius 1 is 1.22 bits per heavy atom. The first-order valence-electron chi connectivity index (χ1n) is 6.38. The number of nitrogens with zero attached hydrogens (tertiary/aromatic N) is 4. The van der Waals surface area contributed by atoms with Gasteiger partial charge in [-0.2, -0.15) is 0 Å². The predicted molar refractivity (Wildman–Crippen MR) is 68.6 cm³/mol. The lowest BCUT2D eigenvalue weighted by Gasteiger charge is -2.26. The predicted octanol–water partition coefficient (Wildman–Crippen LogP) is 2.54. The summed E-state index contributed by atoms with van der Waals surface area (Å²) in [6.45, 7) is 0. The van der Waals surface area contributed by atoms with Crippen LogP contribution in [0.4, 0.5) is 11.6 Å². The van der Waals surface area contributed by atoms with Crippen LogP contribution in [0.2, 0.25) is 0 Å². The highest BCUT2D eigenvalue weighted by molar-refractivity contribution is 5.34. The second-order valence-corrected chi connectivity index (χ2v) is 4.75. The van der Waals surface area contributed by atoms with Crippen molar-refractivity contribution in [1.82, 2.24) is 9.97 Å². The normalized spacial score (nSPS) is 17.2. The van der Waals surface area contributed by atoms with Crippen LogP contribution in [0.15, 0.2) is 12.4 Å². The molecule has 1 aliphatic carbocycles. The quantitative estimate of drug-likeness (QED) is 0.468. The summed E-state index contributed by atoms with van der Waals surface area (Å²) in [6.07, 6.45) is 9.92. The van der Waals surface area contributed by atoms with Gasteiger partial charge >= 0.3 is 5.69 Å². The second-order valence-electron chi connectivity index (χ2n) is 4.75. The minimum absolute atomic E-state index is 0.0620. The van der Waals surface area contributed by atoms with Gasteiger partial charge in [-0.1, -0.05) is 25.7 Å². The molecule has 0 radical (unpaired) electrons. The summed E-state index contributed by atoms with van der Waals surface area (Å²) in [5.74, 6) is 0.576. The third kappa shape index (κ3) is 2.94. The second kappa shape index (κ2) is 5.75. The molecule has 0 aliphatic heterocycles.